The Morgan fingerprint density at radius 3 is 2.70 bits per heavy atom. The molecule has 1 N–H and O–H groups in total. The van der Waals surface area contributed by atoms with Gasteiger partial charge in [0.2, 0.25) is 0 Å². The molecule has 1 rings (SSSR count). The summed E-state index contributed by atoms with van der Waals surface area (Å²) in [6.45, 7) is 3.74. The fourth-order valence-electron chi connectivity index (χ4n) is 0.738. The lowest BCUT2D eigenvalue weighted by Crippen LogP contribution is -3.05. The number of nitrogens with one attached hydrogen (secondary N) is 1. The Labute approximate surface area is 59.8 Å². The largest absolute Gasteiger partial charge is 0.629 e. The van der Waals surface area contributed by atoms with Gasteiger partial charge in [-0.2, -0.15) is 0 Å². The molecule has 0 aliphatic carbocycles. The molecule has 1 heterocycles. The number of hydrogen-bond donors (Lipinski definition) is 1. The lowest BCUT2D eigenvalue weighted by molar-refractivity contribution is -0.801. The molecule has 0 spiro atoms. The van der Waals surface area contributed by atoms with Crippen molar-refractivity contribution in [3.63, 3.8) is 0 Å². The molecule has 3 heteroatoms. The maximum Gasteiger partial charge on any atom is 0.169 e. The van der Waals surface area contributed by atoms with Gasteiger partial charge in [0.1, 0.15) is 0 Å². The van der Waals surface area contributed by atoms with Gasteiger partial charge in [0, 0.05) is 6.07 Å². The molecule has 0 aliphatic rings. The third-order valence-corrected chi connectivity index (χ3v) is 1.33. The predicted molar refractivity (Wildman–Crippen MR) is 37.8 cm³/mol. The Morgan fingerprint density at radius 2 is 2.30 bits per heavy atom. The topological polar surface area (TPSA) is 40.6 Å². The highest BCUT2D eigenvalue weighted by Crippen LogP contribution is 1.99. The zero-order valence-electron chi connectivity index (χ0n) is 6.13. The molecule has 1 aromatic rings. The zero-order chi connectivity index (χ0) is 7.56. The molecule has 0 amide bonds. The maximum atomic E-state index is 11.1. The minimum atomic E-state index is 0.0533. The molecule has 0 saturated heterocycles. The molecule has 10 heavy (non-hydrogen) atoms. The van der Waals surface area contributed by atoms with Crippen molar-refractivity contribution >= 4 is 5.69 Å². The van der Waals surface area contributed by atoms with Gasteiger partial charge in [-0.3, -0.25) is 0 Å². The van der Waals surface area contributed by atoms with Gasteiger partial charge >= 0.3 is 0 Å². The van der Waals surface area contributed by atoms with Crippen LogP contribution in [-0.4, -0.2) is 6.04 Å². The summed E-state index contributed by atoms with van der Waals surface area (Å²) >= 11 is 0. The maximum absolute atomic E-state index is 11.1. The number of quaternary nitrogens is 1. The summed E-state index contributed by atoms with van der Waals surface area (Å²) in [5.74, 6) is 0. The van der Waals surface area contributed by atoms with E-state index >= 15 is 0 Å². The van der Waals surface area contributed by atoms with Crippen LogP contribution in [-0.2, 0) is 0 Å². The van der Waals surface area contributed by atoms with Crippen LogP contribution < -0.4 is 5.06 Å². The summed E-state index contributed by atoms with van der Waals surface area (Å²) in [7, 11) is 0. The standard InChI is InChI=1S/C7H11NO2/c1-6(2)8(9)7-3-4-10-5-7/h3-6,8H,1-2H3. The highest BCUT2D eigenvalue weighted by molar-refractivity contribution is 5.21. The molecule has 0 fully saturated rings. The van der Waals surface area contributed by atoms with Crippen molar-refractivity contribution in [1.82, 2.24) is 0 Å². The number of rotatable bonds is 2. The summed E-state index contributed by atoms with van der Waals surface area (Å²) in [6.07, 6.45) is 2.98. The molecular weight excluding hydrogens is 130 g/mol. The normalized spacial score (nSPS) is 14.0. The second-order valence-corrected chi connectivity index (χ2v) is 2.53. The average Bonchev–Trinajstić information content (AvgIpc) is 2.36. The number of hydroxylamine groups is 1. The molecule has 0 aromatic carbocycles. The van der Waals surface area contributed by atoms with Gasteiger partial charge in [-0.05, 0) is 13.8 Å². The van der Waals surface area contributed by atoms with Crippen LogP contribution in [0.3, 0.4) is 0 Å². The quantitative estimate of drug-likeness (QED) is 0.616. The zero-order valence-corrected chi connectivity index (χ0v) is 6.13. The van der Waals surface area contributed by atoms with E-state index in [0.29, 0.717) is 5.69 Å². The van der Waals surface area contributed by atoms with Gasteiger partial charge in [0.15, 0.2) is 12.0 Å². The lowest BCUT2D eigenvalue weighted by atomic mass is 10.3. The third-order valence-electron chi connectivity index (χ3n) is 1.33. The van der Waals surface area contributed by atoms with E-state index in [1.807, 2.05) is 13.8 Å². The molecule has 0 bridgehead atoms. The molecule has 0 aliphatic heterocycles. The van der Waals surface area contributed by atoms with Crippen molar-refractivity contribution < 1.29 is 9.48 Å². The summed E-state index contributed by atoms with van der Waals surface area (Å²) < 4.78 is 4.76. The van der Waals surface area contributed by atoms with Crippen LogP contribution in [0.4, 0.5) is 5.69 Å². The minimum absolute atomic E-state index is 0.0533. The van der Waals surface area contributed by atoms with Crippen LogP contribution in [0.25, 0.3) is 0 Å². The van der Waals surface area contributed by atoms with E-state index in [4.69, 9.17) is 4.42 Å². The highest BCUT2D eigenvalue weighted by Gasteiger charge is 2.06. The van der Waals surface area contributed by atoms with Crippen molar-refractivity contribution in [2.45, 2.75) is 19.9 Å². The predicted octanol–water partition coefficient (Wildman–Crippen LogP) is 0.702. The second kappa shape index (κ2) is 2.86. The summed E-state index contributed by atoms with van der Waals surface area (Å²) in [4.78, 5) is 0. The Hall–Kier alpha value is -0.800. The highest BCUT2D eigenvalue weighted by atomic mass is 16.5. The average molecular weight is 141 g/mol. The number of hydrogen-bond acceptors (Lipinski definition) is 2. The first-order valence-electron chi connectivity index (χ1n) is 3.28. The molecule has 3 nitrogen and oxygen atoms in total. The van der Waals surface area contributed by atoms with Gasteiger partial charge in [-0.25, -0.2) is 0 Å². The van der Waals surface area contributed by atoms with E-state index in [1.54, 1.807) is 6.07 Å². The van der Waals surface area contributed by atoms with Crippen LogP contribution in [0.5, 0.6) is 0 Å². The molecule has 0 radical (unpaired) electrons. The van der Waals surface area contributed by atoms with E-state index in [9.17, 15) is 5.21 Å². The molecule has 56 valence electrons. The Morgan fingerprint density at radius 1 is 1.60 bits per heavy atom. The van der Waals surface area contributed by atoms with Crippen LogP contribution in [0, 0.1) is 5.21 Å². The molecule has 1 aromatic heterocycles. The van der Waals surface area contributed by atoms with Gasteiger partial charge in [0.05, 0.1) is 12.3 Å². The monoisotopic (exact) mass is 141 g/mol. The SMILES string of the molecule is CC(C)[NH+]([O-])c1ccoc1. The first-order valence-corrected chi connectivity index (χ1v) is 3.28. The number of furan rings is 1. The van der Waals surface area contributed by atoms with Gasteiger partial charge in [-0.1, -0.05) is 0 Å². The van der Waals surface area contributed by atoms with Crippen LogP contribution in [0.1, 0.15) is 13.8 Å². The van der Waals surface area contributed by atoms with Crippen molar-refractivity contribution in [2.75, 3.05) is 0 Å². The first kappa shape index (κ1) is 7.31. The van der Waals surface area contributed by atoms with E-state index in [1.165, 1.54) is 12.5 Å². The van der Waals surface area contributed by atoms with Crippen LogP contribution in [0.15, 0.2) is 23.0 Å². The van der Waals surface area contributed by atoms with Crippen molar-refractivity contribution in [2.24, 2.45) is 0 Å². The smallest absolute Gasteiger partial charge is 0.169 e. The summed E-state index contributed by atoms with van der Waals surface area (Å²) in [5, 5.41) is 11.3. The van der Waals surface area contributed by atoms with E-state index in [-0.39, 0.29) is 11.1 Å². The second-order valence-electron chi connectivity index (χ2n) is 2.53. The van der Waals surface area contributed by atoms with Crippen LogP contribution >= 0.6 is 0 Å². The van der Waals surface area contributed by atoms with Gasteiger partial charge in [-0.15, -0.1) is 0 Å². The first-order chi connectivity index (χ1) is 4.72. The fourth-order valence-corrected chi connectivity index (χ4v) is 0.738. The van der Waals surface area contributed by atoms with E-state index in [2.05, 4.69) is 0 Å². The van der Waals surface area contributed by atoms with Crippen molar-refractivity contribution in [1.29, 1.82) is 0 Å². The van der Waals surface area contributed by atoms with E-state index < -0.39 is 0 Å². The van der Waals surface area contributed by atoms with Crippen molar-refractivity contribution in [3.05, 3.63) is 23.8 Å². The Balaban J connectivity index is 2.68. The summed E-state index contributed by atoms with van der Waals surface area (Å²) in [6, 6.07) is 1.74. The molecule has 0 saturated carbocycles. The van der Waals surface area contributed by atoms with E-state index in [0.717, 1.165) is 0 Å². The summed E-state index contributed by atoms with van der Waals surface area (Å²) in [5.41, 5.74) is 0.662. The van der Waals surface area contributed by atoms with Crippen LogP contribution in [0.2, 0.25) is 0 Å². The Kier molecular flexibility index (Phi) is 2.09. The lowest BCUT2D eigenvalue weighted by Gasteiger charge is -2.23. The van der Waals surface area contributed by atoms with Gasteiger partial charge < -0.3 is 14.7 Å². The Bertz CT molecular complexity index is 181. The van der Waals surface area contributed by atoms with Crippen molar-refractivity contribution in [3.8, 4) is 0 Å². The van der Waals surface area contributed by atoms with Gasteiger partial charge in [0.25, 0.3) is 0 Å². The minimum Gasteiger partial charge on any atom is -0.629 e. The molecule has 1 atom stereocenters. The molecular formula is C7H11NO2. The molecule has 1 unspecified atom stereocenters. The third kappa shape index (κ3) is 1.37. The fraction of sp³-hybridized carbons (Fsp3) is 0.429.